The van der Waals surface area contributed by atoms with Crippen LogP contribution in [0.3, 0.4) is 0 Å². The van der Waals surface area contributed by atoms with Crippen molar-refractivity contribution in [2.24, 2.45) is 5.16 Å². The minimum Gasteiger partial charge on any atom is -0.473 e. The van der Waals surface area contributed by atoms with E-state index in [1.165, 1.54) is 23.5 Å². The number of aliphatic hydroxyl groups excluding tert-OH is 1. The normalized spacial score (nSPS) is 23.7. The van der Waals surface area contributed by atoms with Gasteiger partial charge in [-0.15, -0.1) is 0 Å². The number of sulfone groups is 1. The van der Waals surface area contributed by atoms with Gasteiger partial charge in [0.1, 0.15) is 22.6 Å². The molecule has 1 amide bonds. The molecule has 3 fully saturated rings. The fourth-order valence-corrected chi connectivity index (χ4v) is 7.20. The molecule has 2 aromatic heterocycles. The molecule has 1 aliphatic heterocycles. The van der Waals surface area contributed by atoms with Crippen LogP contribution in [0.4, 0.5) is 5.13 Å². The van der Waals surface area contributed by atoms with E-state index in [0.717, 1.165) is 19.5 Å². The Labute approximate surface area is 229 Å². The second-order valence-electron chi connectivity index (χ2n) is 10.1. The molecule has 3 N–H and O–H groups in total. The van der Waals surface area contributed by atoms with E-state index < -0.39 is 21.8 Å². The summed E-state index contributed by atoms with van der Waals surface area (Å²) >= 11 is 1.21. The number of hydrogen-bond acceptors (Lipinski definition) is 11. The molecule has 1 saturated heterocycles. The maximum atomic E-state index is 13.4. The summed E-state index contributed by atoms with van der Waals surface area (Å²) in [5, 5.41) is 20.0. The number of amides is 1. The molecule has 3 aliphatic rings. The van der Waals surface area contributed by atoms with Crippen LogP contribution in [-0.2, 0) is 19.5 Å². The topological polar surface area (TPSA) is 152 Å². The number of nitrogens with one attached hydrogen (secondary N) is 2. The van der Waals surface area contributed by atoms with Crippen LogP contribution in [0, 0.1) is 0 Å². The second-order valence-corrected chi connectivity index (χ2v) is 13.3. The lowest BCUT2D eigenvalue weighted by atomic mass is 10.1. The zero-order valence-corrected chi connectivity index (χ0v) is 22.7. The van der Waals surface area contributed by atoms with Gasteiger partial charge < -0.3 is 20.0 Å². The minimum absolute atomic E-state index is 0.0169. The predicted octanol–water partition coefficient (Wildman–Crippen LogP) is 2.64. The fraction of sp³-hybridized carbons (Fsp3) is 0.462. The first-order chi connectivity index (χ1) is 18.8. The van der Waals surface area contributed by atoms with Crippen molar-refractivity contribution >= 4 is 48.3 Å². The lowest BCUT2D eigenvalue weighted by Gasteiger charge is -2.11. The molecule has 3 aromatic rings. The number of nitrogens with zero attached hydrogens (tertiary/aromatic N) is 3. The van der Waals surface area contributed by atoms with Crippen LogP contribution in [0.5, 0.6) is 5.88 Å². The van der Waals surface area contributed by atoms with Crippen molar-refractivity contribution < 1.29 is 27.9 Å². The number of anilines is 1. The molecule has 2 saturated carbocycles. The molecule has 206 valence electrons. The van der Waals surface area contributed by atoms with E-state index in [0.29, 0.717) is 59.0 Å². The molecule has 11 nitrogen and oxygen atoms in total. The van der Waals surface area contributed by atoms with E-state index >= 15 is 0 Å². The smallest absolute Gasteiger partial charge is 0.280 e. The molecule has 3 heterocycles. The summed E-state index contributed by atoms with van der Waals surface area (Å²) in [5.41, 5.74) is 1.01. The highest BCUT2D eigenvalue weighted by molar-refractivity contribution is 7.92. The van der Waals surface area contributed by atoms with Gasteiger partial charge in [0.15, 0.2) is 20.7 Å². The molecule has 6 rings (SSSR count). The van der Waals surface area contributed by atoms with Gasteiger partial charge in [-0.2, -0.15) is 0 Å². The monoisotopic (exact) mass is 571 g/mol. The van der Waals surface area contributed by atoms with Gasteiger partial charge in [0.2, 0.25) is 5.88 Å². The van der Waals surface area contributed by atoms with Gasteiger partial charge in [-0.05, 0) is 56.8 Å². The van der Waals surface area contributed by atoms with Crippen molar-refractivity contribution in [2.45, 2.75) is 67.0 Å². The highest BCUT2D eigenvalue weighted by Gasteiger charge is 2.37. The first kappa shape index (κ1) is 26.1. The average molecular weight is 572 g/mol. The van der Waals surface area contributed by atoms with Crippen LogP contribution in [-0.4, -0.2) is 71.8 Å². The third-order valence-electron chi connectivity index (χ3n) is 7.04. The first-order valence-electron chi connectivity index (χ1n) is 13.1. The van der Waals surface area contributed by atoms with Crippen molar-refractivity contribution in [3.05, 3.63) is 42.0 Å². The molecule has 13 heteroatoms. The summed E-state index contributed by atoms with van der Waals surface area (Å²) in [7, 11) is -3.36. The third-order valence-corrected chi connectivity index (χ3v) is 10.2. The van der Waals surface area contributed by atoms with Crippen LogP contribution < -0.4 is 15.4 Å². The van der Waals surface area contributed by atoms with Gasteiger partial charge in [-0.25, -0.2) is 18.4 Å². The SMILES string of the molecule is O=C(Nc1nc2ccc(O[C@@H]3CCNC3)nc2s1)/C(=N/O[C@@H]1CC[C@@H](O)C1)c1ccc(S(=O)(=O)C2CC2)cc1. The molecule has 0 radical (unpaired) electrons. The number of aliphatic hydroxyl groups is 1. The van der Waals surface area contributed by atoms with Crippen molar-refractivity contribution in [2.75, 3.05) is 18.4 Å². The number of oxime groups is 1. The van der Waals surface area contributed by atoms with E-state index in [1.807, 2.05) is 0 Å². The number of hydrogen-bond donors (Lipinski definition) is 3. The maximum absolute atomic E-state index is 13.4. The lowest BCUT2D eigenvalue weighted by Crippen LogP contribution is -2.25. The Kier molecular flexibility index (Phi) is 7.23. The number of fused-ring (bicyclic) bond motifs is 1. The number of thiazole rings is 1. The predicted molar refractivity (Wildman–Crippen MR) is 146 cm³/mol. The van der Waals surface area contributed by atoms with Gasteiger partial charge >= 0.3 is 0 Å². The summed E-state index contributed by atoms with van der Waals surface area (Å²) < 4.78 is 31.1. The van der Waals surface area contributed by atoms with Crippen molar-refractivity contribution in [3.8, 4) is 5.88 Å². The Morgan fingerprint density at radius 3 is 2.56 bits per heavy atom. The van der Waals surface area contributed by atoms with Gasteiger partial charge in [-0.3, -0.25) is 10.1 Å². The van der Waals surface area contributed by atoms with E-state index in [1.54, 1.807) is 24.3 Å². The lowest BCUT2D eigenvalue weighted by molar-refractivity contribution is -0.110. The van der Waals surface area contributed by atoms with Crippen molar-refractivity contribution in [1.29, 1.82) is 0 Å². The molecule has 0 unspecified atom stereocenters. The molecular formula is C26H29N5O6S2. The van der Waals surface area contributed by atoms with Crippen LogP contribution in [0.15, 0.2) is 46.4 Å². The van der Waals surface area contributed by atoms with Crippen molar-refractivity contribution in [3.63, 3.8) is 0 Å². The third kappa shape index (κ3) is 5.91. The first-order valence-corrected chi connectivity index (χ1v) is 15.4. The largest absolute Gasteiger partial charge is 0.473 e. The summed E-state index contributed by atoms with van der Waals surface area (Å²) in [6, 6.07) is 9.67. The highest BCUT2D eigenvalue weighted by atomic mass is 32.2. The van der Waals surface area contributed by atoms with E-state index in [-0.39, 0.29) is 28.1 Å². The van der Waals surface area contributed by atoms with Gasteiger partial charge in [-0.1, -0.05) is 28.6 Å². The summed E-state index contributed by atoms with van der Waals surface area (Å²) in [5.74, 6) is -0.0488. The summed E-state index contributed by atoms with van der Waals surface area (Å²) in [6.45, 7) is 1.69. The maximum Gasteiger partial charge on any atom is 0.280 e. The van der Waals surface area contributed by atoms with Crippen molar-refractivity contribution in [1.82, 2.24) is 15.3 Å². The highest BCUT2D eigenvalue weighted by Crippen LogP contribution is 2.33. The molecular weight excluding hydrogens is 542 g/mol. The zero-order chi connectivity index (χ0) is 27.0. The van der Waals surface area contributed by atoms with E-state index in [9.17, 15) is 18.3 Å². The average Bonchev–Trinajstić information content (AvgIpc) is 3.30. The van der Waals surface area contributed by atoms with Gasteiger partial charge in [0.05, 0.1) is 16.2 Å². The number of aromatic nitrogens is 2. The minimum atomic E-state index is -3.36. The Bertz CT molecular complexity index is 1500. The number of rotatable bonds is 9. The number of benzene rings is 1. The number of carbonyl (C=O) groups is 1. The van der Waals surface area contributed by atoms with E-state index in [2.05, 4.69) is 25.8 Å². The quantitative estimate of drug-likeness (QED) is 0.260. The Morgan fingerprint density at radius 1 is 1.05 bits per heavy atom. The van der Waals surface area contributed by atoms with Gasteiger partial charge in [0.25, 0.3) is 5.91 Å². The van der Waals surface area contributed by atoms with Crippen LogP contribution >= 0.6 is 11.3 Å². The molecule has 3 atom stereocenters. The Balaban J connectivity index is 1.22. The fourth-order valence-electron chi connectivity index (χ4n) is 4.71. The molecule has 1 aromatic carbocycles. The van der Waals surface area contributed by atoms with Crippen LogP contribution in [0.25, 0.3) is 10.3 Å². The number of carbonyl (C=O) groups excluding carboxylic acids is 1. The van der Waals surface area contributed by atoms with Crippen LogP contribution in [0.1, 0.15) is 44.1 Å². The standard InChI is InChI=1S/C26H29N5O6S2/c32-16-3-4-17(13-16)37-31-23(15-1-5-19(6-2-15)39(34,35)20-7-8-20)24(33)30-26-28-21-9-10-22(29-25(21)38-26)36-18-11-12-27-14-18/h1-2,5-6,9-10,16-18,20,27,32H,3-4,7-8,11-14H2,(H,28,30,33)/b31-23+/t16-,17-,18-/m1/s1. The van der Waals surface area contributed by atoms with Gasteiger partial charge in [0, 0.05) is 24.6 Å². The number of ether oxygens (including phenoxy) is 1. The molecule has 0 spiro atoms. The number of pyridine rings is 1. The summed E-state index contributed by atoms with van der Waals surface area (Å²) in [4.78, 5) is 28.9. The Morgan fingerprint density at radius 2 is 1.87 bits per heavy atom. The second kappa shape index (κ2) is 10.8. The molecule has 39 heavy (non-hydrogen) atoms. The summed E-state index contributed by atoms with van der Waals surface area (Å²) in [6.07, 6.45) is 3.24. The zero-order valence-electron chi connectivity index (χ0n) is 21.1. The molecule has 0 bridgehead atoms. The Hall–Kier alpha value is -3.13. The van der Waals surface area contributed by atoms with Crippen LogP contribution in [0.2, 0.25) is 0 Å². The molecule has 2 aliphatic carbocycles. The van der Waals surface area contributed by atoms with E-state index in [4.69, 9.17) is 9.57 Å².